The summed E-state index contributed by atoms with van der Waals surface area (Å²) in [5.41, 5.74) is 0. The topological polar surface area (TPSA) is 140 Å². The number of nitrogens with zero attached hydrogens (tertiary/aromatic N) is 4. The van der Waals surface area contributed by atoms with Gasteiger partial charge >= 0.3 is 11.9 Å². The Hall–Kier alpha value is -1.38. The van der Waals surface area contributed by atoms with Gasteiger partial charge in [-0.15, -0.1) is 0 Å². The standard InChI is InChI=1S/C21H40N4O8/c1-3-19(17-33-31)23-5-4-22(18(2)16-32-30)6-8-24(14-20(26)27)10-12-25(9-7-23,13-11-24)15-21(28)29/h18-19H,3-17H2,1-2H3,(H2-2,26,27,28,29,30,31)/p+2. The SMILES string of the molecule is CCC(COO)N1CCN(C(C)COO)CC[N+]2(CC(=O)O)CC[N+](CC(=O)O)(CC1)CC2. The number of carboxylic acids is 2. The second-order valence-corrected chi connectivity index (χ2v) is 9.70. The molecular formula is C21H42N4O8+2. The quantitative estimate of drug-likeness (QED) is 0.176. The van der Waals surface area contributed by atoms with Gasteiger partial charge in [0.15, 0.2) is 13.1 Å². The van der Waals surface area contributed by atoms with E-state index in [9.17, 15) is 19.8 Å². The number of carboxylic acid groups (broad SMARTS) is 2. The van der Waals surface area contributed by atoms with E-state index in [-0.39, 0.29) is 38.4 Å². The molecule has 3 aliphatic heterocycles. The van der Waals surface area contributed by atoms with Crippen LogP contribution in [0.15, 0.2) is 0 Å². The minimum atomic E-state index is -0.848. The molecule has 0 amide bonds. The second kappa shape index (κ2) is 12.9. The molecule has 0 aromatic carbocycles. The van der Waals surface area contributed by atoms with Crippen molar-refractivity contribution < 1.29 is 49.1 Å². The van der Waals surface area contributed by atoms with Gasteiger partial charge in [-0.2, -0.15) is 0 Å². The molecule has 12 nitrogen and oxygen atoms in total. The maximum Gasteiger partial charge on any atom is 0.359 e. The Morgan fingerprint density at radius 3 is 1.67 bits per heavy atom. The van der Waals surface area contributed by atoms with Crippen LogP contribution in [0.1, 0.15) is 20.3 Å². The van der Waals surface area contributed by atoms with E-state index in [2.05, 4.69) is 19.6 Å². The van der Waals surface area contributed by atoms with Gasteiger partial charge in [0.2, 0.25) is 0 Å². The van der Waals surface area contributed by atoms with Gasteiger partial charge in [-0.3, -0.25) is 20.3 Å². The smallest absolute Gasteiger partial charge is 0.359 e. The van der Waals surface area contributed by atoms with E-state index in [1.807, 2.05) is 13.8 Å². The highest BCUT2D eigenvalue weighted by Gasteiger charge is 2.45. The molecule has 33 heavy (non-hydrogen) atoms. The molecular weight excluding hydrogens is 436 g/mol. The third-order valence-corrected chi connectivity index (χ3v) is 7.63. The first-order valence-corrected chi connectivity index (χ1v) is 11.8. The summed E-state index contributed by atoms with van der Waals surface area (Å²) in [6.07, 6.45) is 0.771. The Labute approximate surface area is 195 Å². The molecule has 12 heteroatoms. The Morgan fingerprint density at radius 1 is 0.788 bits per heavy atom. The maximum absolute atomic E-state index is 11.7. The van der Waals surface area contributed by atoms with E-state index in [4.69, 9.17) is 10.5 Å². The second-order valence-electron chi connectivity index (χ2n) is 9.70. The van der Waals surface area contributed by atoms with Crippen LogP contribution < -0.4 is 0 Å². The maximum atomic E-state index is 11.7. The fourth-order valence-corrected chi connectivity index (χ4v) is 5.32. The highest BCUT2D eigenvalue weighted by atomic mass is 17.1. The van der Waals surface area contributed by atoms with E-state index in [0.717, 1.165) is 6.42 Å². The van der Waals surface area contributed by atoms with Crippen molar-refractivity contribution in [3.8, 4) is 0 Å². The van der Waals surface area contributed by atoms with Crippen molar-refractivity contribution in [2.45, 2.75) is 32.4 Å². The molecule has 3 saturated heterocycles. The molecule has 0 aromatic rings. The lowest BCUT2D eigenvalue weighted by Crippen LogP contribution is -2.71. The zero-order chi connectivity index (χ0) is 24.5. The van der Waals surface area contributed by atoms with Crippen molar-refractivity contribution in [2.75, 3.05) is 91.8 Å². The summed E-state index contributed by atoms with van der Waals surface area (Å²) in [5.74, 6) is -1.69. The molecule has 3 aliphatic rings. The highest BCUT2D eigenvalue weighted by Crippen LogP contribution is 2.22. The number of hydrogen-bond acceptors (Lipinski definition) is 8. The molecule has 2 unspecified atom stereocenters. The van der Waals surface area contributed by atoms with Crippen LogP contribution in [0.2, 0.25) is 0 Å². The number of carbonyl (C=O) groups is 2. The molecule has 4 N–H and O–H groups in total. The minimum absolute atomic E-state index is 0.0132. The summed E-state index contributed by atoms with van der Waals surface area (Å²) in [4.78, 5) is 36.7. The van der Waals surface area contributed by atoms with E-state index in [1.165, 1.54) is 0 Å². The molecule has 192 valence electrons. The Morgan fingerprint density at radius 2 is 1.24 bits per heavy atom. The van der Waals surface area contributed by atoms with E-state index >= 15 is 0 Å². The lowest BCUT2D eigenvalue weighted by atomic mass is 10.1. The van der Waals surface area contributed by atoms with Crippen molar-refractivity contribution >= 4 is 11.9 Å². The van der Waals surface area contributed by atoms with Gasteiger partial charge in [-0.05, 0) is 13.3 Å². The Kier molecular flexibility index (Phi) is 10.9. The third kappa shape index (κ3) is 8.11. The van der Waals surface area contributed by atoms with Gasteiger partial charge in [0.1, 0.15) is 26.2 Å². The fourth-order valence-electron chi connectivity index (χ4n) is 5.32. The molecule has 0 saturated carbocycles. The number of quaternary nitrogens is 2. The van der Waals surface area contributed by atoms with Gasteiger partial charge in [0, 0.05) is 38.3 Å². The summed E-state index contributed by atoms with van der Waals surface area (Å²) < 4.78 is 0.859. The molecule has 0 aromatic heterocycles. The molecule has 3 heterocycles. The summed E-state index contributed by atoms with van der Waals surface area (Å²) in [5, 5.41) is 37.3. The summed E-state index contributed by atoms with van der Waals surface area (Å²) in [7, 11) is 0. The fraction of sp³-hybridized carbons (Fsp3) is 0.905. The van der Waals surface area contributed by atoms with Crippen LogP contribution in [-0.4, -0.2) is 155 Å². The monoisotopic (exact) mass is 478 g/mol. The molecule has 0 radical (unpaired) electrons. The van der Waals surface area contributed by atoms with Crippen LogP contribution in [0.3, 0.4) is 0 Å². The van der Waals surface area contributed by atoms with Crippen LogP contribution in [0.25, 0.3) is 0 Å². The van der Waals surface area contributed by atoms with Gasteiger partial charge < -0.3 is 19.2 Å². The average molecular weight is 479 g/mol. The first kappa shape index (κ1) is 27.9. The molecule has 3 rings (SSSR count). The van der Waals surface area contributed by atoms with Crippen molar-refractivity contribution in [1.29, 1.82) is 0 Å². The van der Waals surface area contributed by atoms with Crippen molar-refractivity contribution in [1.82, 2.24) is 9.80 Å². The molecule has 0 spiro atoms. The van der Waals surface area contributed by atoms with Gasteiger partial charge in [0.25, 0.3) is 0 Å². The first-order valence-electron chi connectivity index (χ1n) is 11.8. The lowest BCUT2D eigenvalue weighted by molar-refractivity contribution is -1.03. The van der Waals surface area contributed by atoms with Crippen LogP contribution in [-0.2, 0) is 19.4 Å². The average Bonchev–Trinajstić information content (AvgIpc) is 2.74. The van der Waals surface area contributed by atoms with E-state index in [0.29, 0.717) is 74.4 Å². The zero-order valence-electron chi connectivity index (χ0n) is 20.0. The number of aliphatic carboxylic acids is 2. The van der Waals surface area contributed by atoms with Crippen molar-refractivity contribution in [2.24, 2.45) is 0 Å². The van der Waals surface area contributed by atoms with Crippen LogP contribution >= 0.6 is 0 Å². The highest BCUT2D eigenvalue weighted by molar-refractivity contribution is 5.68. The lowest BCUT2D eigenvalue weighted by Gasteiger charge is -2.50. The van der Waals surface area contributed by atoms with Crippen LogP contribution in [0, 0.1) is 0 Å². The predicted octanol–water partition coefficient (Wildman–Crippen LogP) is -0.433. The van der Waals surface area contributed by atoms with Crippen molar-refractivity contribution in [3.05, 3.63) is 0 Å². The number of piperazine rings is 1. The van der Waals surface area contributed by atoms with Gasteiger partial charge in [0.05, 0.1) is 26.3 Å². The largest absolute Gasteiger partial charge is 0.477 e. The molecule has 3 fully saturated rings. The van der Waals surface area contributed by atoms with Crippen LogP contribution in [0.4, 0.5) is 0 Å². The molecule has 2 bridgehead atoms. The summed E-state index contributed by atoms with van der Waals surface area (Å²) in [6.45, 7) is 10.7. The van der Waals surface area contributed by atoms with Gasteiger partial charge in [-0.1, -0.05) is 6.92 Å². The van der Waals surface area contributed by atoms with E-state index in [1.54, 1.807) is 0 Å². The Bertz CT molecular complexity index is 629. The number of fused-ring (bicyclic) bond motifs is 9. The predicted molar refractivity (Wildman–Crippen MR) is 119 cm³/mol. The van der Waals surface area contributed by atoms with Crippen LogP contribution in [0.5, 0.6) is 0 Å². The molecule has 0 aliphatic carbocycles. The summed E-state index contributed by atoms with van der Waals surface area (Å²) in [6, 6.07) is -0.0775. The number of hydrogen-bond donors (Lipinski definition) is 4. The number of rotatable bonds is 11. The summed E-state index contributed by atoms with van der Waals surface area (Å²) >= 11 is 0. The molecule has 2 atom stereocenters. The third-order valence-electron chi connectivity index (χ3n) is 7.63. The first-order chi connectivity index (χ1) is 15.7. The van der Waals surface area contributed by atoms with E-state index < -0.39 is 11.9 Å². The zero-order valence-corrected chi connectivity index (χ0v) is 20.0. The normalized spacial score (nSPS) is 29.7. The minimum Gasteiger partial charge on any atom is -0.477 e. The van der Waals surface area contributed by atoms with Gasteiger partial charge in [-0.25, -0.2) is 19.4 Å². The Balaban J connectivity index is 2.34. The van der Waals surface area contributed by atoms with Crippen molar-refractivity contribution in [3.63, 3.8) is 0 Å².